The monoisotopic (exact) mass is 199 g/mol. The summed E-state index contributed by atoms with van der Waals surface area (Å²) in [4.78, 5) is 0. The van der Waals surface area contributed by atoms with Crippen LogP contribution in [-0.4, -0.2) is 5.54 Å². The normalized spacial score (nSPS) is 7.86. The molecule has 0 rings (SSSR count). The number of hydrogen-bond acceptors (Lipinski definition) is 5. The van der Waals surface area contributed by atoms with Crippen molar-refractivity contribution < 1.29 is 0 Å². The van der Waals surface area contributed by atoms with E-state index in [9.17, 15) is 0 Å². The molecule has 5 nitrogen and oxygen atoms in total. The van der Waals surface area contributed by atoms with Crippen molar-refractivity contribution in [1.82, 2.24) is 0 Å². The summed E-state index contributed by atoms with van der Waals surface area (Å²) in [6.07, 6.45) is 5.79. The highest BCUT2D eigenvalue weighted by Crippen LogP contribution is 2.14. The lowest BCUT2D eigenvalue weighted by molar-refractivity contribution is 0.383. The van der Waals surface area contributed by atoms with Gasteiger partial charge >= 0.3 is 0 Å². The van der Waals surface area contributed by atoms with Gasteiger partial charge in [0.2, 0.25) is 0 Å². The van der Waals surface area contributed by atoms with Crippen molar-refractivity contribution in [2.24, 2.45) is 17.2 Å². The summed E-state index contributed by atoms with van der Waals surface area (Å²) < 4.78 is 0. The number of nitrogens with zero attached hydrogens (tertiary/aromatic N) is 2. The third kappa shape index (κ3) is 16.9. The maximum atomic E-state index is 7.10. The van der Waals surface area contributed by atoms with E-state index in [0.29, 0.717) is 0 Å². The number of nitrogens with two attached hydrogens (primary N) is 3. The second-order valence-corrected chi connectivity index (χ2v) is 2.68. The first kappa shape index (κ1) is 18.3. The molecule has 0 amide bonds. The largest absolute Gasteiger partial charge is 0.337 e. The SMILES string of the molecule is CCC(N)(CC)CC.N#CN.N#CN. The third-order valence-corrected chi connectivity index (χ3v) is 2.11. The summed E-state index contributed by atoms with van der Waals surface area (Å²) >= 11 is 0. The molecule has 0 aliphatic heterocycles. The van der Waals surface area contributed by atoms with E-state index in [2.05, 4.69) is 32.2 Å². The van der Waals surface area contributed by atoms with E-state index in [-0.39, 0.29) is 5.54 Å². The molecule has 0 bridgehead atoms. The molecule has 0 aromatic carbocycles. The maximum absolute atomic E-state index is 7.10. The van der Waals surface area contributed by atoms with E-state index >= 15 is 0 Å². The van der Waals surface area contributed by atoms with Crippen LogP contribution >= 0.6 is 0 Å². The van der Waals surface area contributed by atoms with Crippen molar-refractivity contribution >= 4 is 0 Å². The first-order valence-corrected chi connectivity index (χ1v) is 4.50. The zero-order chi connectivity index (χ0) is 12.0. The second kappa shape index (κ2) is 14.1. The predicted molar refractivity (Wildman–Crippen MR) is 57.4 cm³/mol. The Morgan fingerprint density at radius 3 is 1.07 bits per heavy atom. The quantitative estimate of drug-likeness (QED) is 0.457. The highest BCUT2D eigenvalue weighted by atomic mass is 14.7. The van der Waals surface area contributed by atoms with Crippen molar-refractivity contribution in [2.45, 2.75) is 45.6 Å². The van der Waals surface area contributed by atoms with Gasteiger partial charge < -0.3 is 17.2 Å². The van der Waals surface area contributed by atoms with Gasteiger partial charge in [-0.05, 0) is 19.3 Å². The van der Waals surface area contributed by atoms with Crippen molar-refractivity contribution in [3.8, 4) is 12.4 Å². The Morgan fingerprint density at radius 1 is 0.929 bits per heavy atom. The summed E-state index contributed by atoms with van der Waals surface area (Å²) in [7, 11) is 0. The molecule has 0 aliphatic rings. The molecule has 0 unspecified atom stereocenters. The molecular weight excluding hydrogens is 178 g/mol. The van der Waals surface area contributed by atoms with Crippen LogP contribution in [0.25, 0.3) is 0 Å². The standard InChI is InChI=1S/C7H17N.2CH2N2/c1-4-7(8,5-2)6-3;2*2-1-3/h4-6,8H2,1-3H3;2*2H2. The Balaban J connectivity index is -0.000000168. The molecule has 0 spiro atoms. The summed E-state index contributed by atoms with van der Waals surface area (Å²) in [5, 5.41) is 14.2. The molecule has 14 heavy (non-hydrogen) atoms. The van der Waals surface area contributed by atoms with Crippen LogP contribution in [0.2, 0.25) is 0 Å². The Hall–Kier alpha value is -1.46. The van der Waals surface area contributed by atoms with Gasteiger partial charge in [0, 0.05) is 5.54 Å². The van der Waals surface area contributed by atoms with Crippen molar-refractivity contribution in [2.75, 3.05) is 0 Å². The molecule has 5 heteroatoms. The smallest absolute Gasteiger partial charge is 0.173 e. The molecule has 0 atom stereocenters. The summed E-state index contributed by atoms with van der Waals surface area (Å²) in [6.45, 7) is 6.44. The lowest BCUT2D eigenvalue weighted by atomic mass is 9.92. The van der Waals surface area contributed by atoms with Crippen LogP contribution in [0.1, 0.15) is 40.0 Å². The average Bonchev–Trinajstić information content (AvgIpc) is 2.19. The van der Waals surface area contributed by atoms with Gasteiger partial charge in [-0.15, -0.1) is 0 Å². The Morgan fingerprint density at radius 2 is 1.07 bits per heavy atom. The van der Waals surface area contributed by atoms with Crippen LogP contribution in [-0.2, 0) is 0 Å². The molecule has 0 aromatic rings. The van der Waals surface area contributed by atoms with Crippen LogP contribution in [0.5, 0.6) is 0 Å². The van der Waals surface area contributed by atoms with E-state index in [4.69, 9.17) is 16.3 Å². The molecule has 0 fully saturated rings. The van der Waals surface area contributed by atoms with Crippen LogP contribution in [0.15, 0.2) is 0 Å². The van der Waals surface area contributed by atoms with Crippen LogP contribution in [0, 0.1) is 22.9 Å². The summed E-state index contributed by atoms with van der Waals surface area (Å²) in [5.74, 6) is 0. The zero-order valence-corrected chi connectivity index (χ0v) is 9.25. The molecule has 0 aromatic heterocycles. The Bertz CT molecular complexity index is 152. The summed E-state index contributed by atoms with van der Waals surface area (Å²) in [5.41, 5.74) is 14.3. The van der Waals surface area contributed by atoms with Crippen LogP contribution < -0.4 is 17.2 Å². The minimum absolute atomic E-state index is 0.125. The van der Waals surface area contributed by atoms with E-state index in [0.717, 1.165) is 19.3 Å². The van der Waals surface area contributed by atoms with E-state index in [1.165, 1.54) is 12.4 Å². The molecule has 0 saturated carbocycles. The topological polar surface area (TPSA) is 126 Å². The minimum atomic E-state index is 0.125. The molecule has 82 valence electrons. The van der Waals surface area contributed by atoms with Gasteiger partial charge in [-0.2, -0.15) is 10.5 Å². The van der Waals surface area contributed by atoms with Gasteiger partial charge in [-0.25, -0.2) is 0 Å². The Kier molecular flexibility index (Phi) is 18.5. The first-order chi connectivity index (χ1) is 6.51. The number of rotatable bonds is 3. The first-order valence-electron chi connectivity index (χ1n) is 4.50. The van der Waals surface area contributed by atoms with Crippen LogP contribution in [0.3, 0.4) is 0 Å². The second-order valence-electron chi connectivity index (χ2n) is 2.68. The number of nitriles is 2. The molecule has 0 heterocycles. The van der Waals surface area contributed by atoms with Crippen LogP contribution in [0.4, 0.5) is 0 Å². The molecular formula is C9H21N5. The molecule has 0 saturated heterocycles. The van der Waals surface area contributed by atoms with Gasteiger partial charge in [-0.3, -0.25) is 0 Å². The average molecular weight is 199 g/mol. The molecule has 0 radical (unpaired) electrons. The van der Waals surface area contributed by atoms with Gasteiger partial charge in [0.05, 0.1) is 0 Å². The number of hydrogen-bond donors (Lipinski definition) is 3. The summed E-state index contributed by atoms with van der Waals surface area (Å²) in [6, 6.07) is 0. The predicted octanol–water partition coefficient (Wildman–Crippen LogP) is 0.766. The van der Waals surface area contributed by atoms with Crippen molar-refractivity contribution in [1.29, 1.82) is 10.5 Å². The van der Waals surface area contributed by atoms with Gasteiger partial charge in [0.25, 0.3) is 0 Å². The van der Waals surface area contributed by atoms with Gasteiger partial charge in [-0.1, -0.05) is 20.8 Å². The lowest BCUT2D eigenvalue weighted by Gasteiger charge is -2.23. The van der Waals surface area contributed by atoms with E-state index < -0.39 is 0 Å². The highest BCUT2D eigenvalue weighted by Gasteiger charge is 2.15. The van der Waals surface area contributed by atoms with E-state index in [1.807, 2.05) is 0 Å². The molecule has 6 N–H and O–H groups in total. The van der Waals surface area contributed by atoms with Crippen molar-refractivity contribution in [3.05, 3.63) is 0 Å². The van der Waals surface area contributed by atoms with Gasteiger partial charge in [0.15, 0.2) is 12.4 Å². The fraction of sp³-hybridized carbons (Fsp3) is 0.778. The van der Waals surface area contributed by atoms with Crippen molar-refractivity contribution in [3.63, 3.8) is 0 Å². The minimum Gasteiger partial charge on any atom is -0.337 e. The third-order valence-electron chi connectivity index (χ3n) is 2.11. The highest BCUT2D eigenvalue weighted by molar-refractivity contribution is 4.77. The lowest BCUT2D eigenvalue weighted by Crippen LogP contribution is -2.37. The fourth-order valence-electron chi connectivity index (χ4n) is 0.750. The Labute approximate surface area is 86.5 Å². The van der Waals surface area contributed by atoms with E-state index in [1.54, 1.807) is 0 Å². The fourth-order valence-corrected chi connectivity index (χ4v) is 0.750. The zero-order valence-electron chi connectivity index (χ0n) is 9.25. The molecule has 0 aliphatic carbocycles. The van der Waals surface area contributed by atoms with Gasteiger partial charge in [0.1, 0.15) is 0 Å². The maximum Gasteiger partial charge on any atom is 0.173 e.